The van der Waals surface area contributed by atoms with Crippen LogP contribution < -0.4 is 5.32 Å². The highest BCUT2D eigenvalue weighted by Crippen LogP contribution is 2.23. The zero-order chi connectivity index (χ0) is 19.0. The predicted octanol–water partition coefficient (Wildman–Crippen LogP) is 2.31. The zero-order valence-electron chi connectivity index (χ0n) is 15.2. The van der Waals surface area contributed by atoms with Crippen LogP contribution >= 0.6 is 0 Å². The van der Waals surface area contributed by atoms with Gasteiger partial charge in [0.25, 0.3) is 5.91 Å². The van der Waals surface area contributed by atoms with Gasteiger partial charge in [-0.15, -0.1) is 0 Å². The van der Waals surface area contributed by atoms with E-state index < -0.39 is 28.5 Å². The summed E-state index contributed by atoms with van der Waals surface area (Å²) in [7, 11) is -3.63. The molecule has 0 spiro atoms. The van der Waals surface area contributed by atoms with Gasteiger partial charge in [-0.05, 0) is 31.0 Å². The Bertz CT molecular complexity index is 712. The van der Waals surface area contributed by atoms with E-state index in [1.54, 1.807) is 32.9 Å². The van der Waals surface area contributed by atoms with Gasteiger partial charge in [-0.25, -0.2) is 8.42 Å². The van der Waals surface area contributed by atoms with Gasteiger partial charge in [-0.2, -0.15) is 4.31 Å². The van der Waals surface area contributed by atoms with Crippen LogP contribution in [0.1, 0.15) is 39.2 Å². The van der Waals surface area contributed by atoms with Crippen LogP contribution in [0.5, 0.6) is 0 Å². The van der Waals surface area contributed by atoms with Crippen molar-refractivity contribution in [1.82, 2.24) is 4.31 Å². The van der Waals surface area contributed by atoms with E-state index in [-0.39, 0.29) is 11.3 Å². The molecule has 0 bridgehead atoms. The fraction of sp³-hybridized carbons (Fsp3) is 0.529. The minimum absolute atomic E-state index is 0.150. The third-order valence-corrected chi connectivity index (χ3v) is 5.81. The average Bonchev–Trinajstić information content (AvgIpc) is 2.55. The number of carbonyl (C=O) groups excluding carboxylic acids is 2. The number of aryl methyl sites for hydroxylation is 1. The van der Waals surface area contributed by atoms with Gasteiger partial charge in [0.2, 0.25) is 10.0 Å². The first-order valence-electron chi connectivity index (χ1n) is 8.32. The number of hydrogen-bond donors (Lipinski definition) is 1. The molecule has 1 aromatic rings. The molecule has 7 nitrogen and oxygen atoms in total. The number of sulfonamides is 1. The van der Waals surface area contributed by atoms with Gasteiger partial charge < -0.3 is 10.1 Å². The summed E-state index contributed by atoms with van der Waals surface area (Å²) in [6.07, 6.45) is 0.898. The van der Waals surface area contributed by atoms with Crippen LogP contribution in [0.15, 0.2) is 23.1 Å². The summed E-state index contributed by atoms with van der Waals surface area (Å²) >= 11 is 0. The molecule has 0 heterocycles. The van der Waals surface area contributed by atoms with E-state index in [1.807, 2.05) is 6.92 Å². The number of nitrogens with one attached hydrogen (secondary N) is 1. The molecule has 140 valence electrons. The molecular formula is C17H26N2O5S. The van der Waals surface area contributed by atoms with Crippen LogP contribution in [-0.4, -0.2) is 44.3 Å². The molecule has 1 rings (SSSR count). The fourth-order valence-corrected chi connectivity index (χ4v) is 3.99. The van der Waals surface area contributed by atoms with Crippen molar-refractivity contribution in [3.05, 3.63) is 23.8 Å². The Morgan fingerprint density at radius 1 is 1.16 bits per heavy atom. The summed E-state index contributed by atoms with van der Waals surface area (Å²) in [5.74, 6) is -0.953. The van der Waals surface area contributed by atoms with Crippen LogP contribution in [0.2, 0.25) is 0 Å². The van der Waals surface area contributed by atoms with Crippen molar-refractivity contribution in [2.24, 2.45) is 0 Å². The standard InChI is InChI=1S/C17H26N2O5S/c1-5-8-17(21)24-12-16(20)18-14-10-9-13(4)15(11-14)25(22,23)19(6-2)7-3/h9-11H,5-8,12H2,1-4H3,(H,18,20). The lowest BCUT2D eigenvalue weighted by atomic mass is 10.2. The van der Waals surface area contributed by atoms with E-state index >= 15 is 0 Å². The van der Waals surface area contributed by atoms with E-state index in [2.05, 4.69) is 5.32 Å². The van der Waals surface area contributed by atoms with Crippen LogP contribution in [-0.2, 0) is 24.3 Å². The van der Waals surface area contributed by atoms with Gasteiger partial charge in [-0.3, -0.25) is 9.59 Å². The fourth-order valence-electron chi connectivity index (χ4n) is 2.28. The minimum Gasteiger partial charge on any atom is -0.456 e. The van der Waals surface area contributed by atoms with E-state index in [0.29, 0.717) is 30.8 Å². The first-order valence-corrected chi connectivity index (χ1v) is 9.76. The Hall–Kier alpha value is -1.93. The molecule has 0 saturated carbocycles. The second-order valence-corrected chi connectivity index (χ2v) is 7.43. The highest BCUT2D eigenvalue weighted by molar-refractivity contribution is 7.89. The van der Waals surface area contributed by atoms with Gasteiger partial charge in [0.05, 0.1) is 4.90 Å². The van der Waals surface area contributed by atoms with Crippen molar-refractivity contribution in [2.75, 3.05) is 25.0 Å². The minimum atomic E-state index is -3.63. The summed E-state index contributed by atoms with van der Waals surface area (Å²) in [6.45, 7) is 7.41. The second-order valence-electron chi connectivity index (χ2n) is 5.53. The SMILES string of the molecule is CCCC(=O)OCC(=O)Nc1ccc(C)c(S(=O)(=O)N(CC)CC)c1. The molecule has 0 aliphatic carbocycles. The molecule has 0 fully saturated rings. The number of amides is 1. The molecule has 0 unspecified atom stereocenters. The Balaban J connectivity index is 2.91. The van der Waals surface area contributed by atoms with Crippen molar-refractivity contribution in [1.29, 1.82) is 0 Å². The van der Waals surface area contributed by atoms with Crippen molar-refractivity contribution < 1.29 is 22.7 Å². The van der Waals surface area contributed by atoms with E-state index in [1.165, 1.54) is 10.4 Å². The summed E-state index contributed by atoms with van der Waals surface area (Å²) in [6, 6.07) is 4.67. The molecule has 0 aromatic heterocycles. The lowest BCUT2D eigenvalue weighted by Gasteiger charge is -2.20. The highest BCUT2D eigenvalue weighted by Gasteiger charge is 2.24. The number of anilines is 1. The first kappa shape index (κ1) is 21.1. The van der Waals surface area contributed by atoms with E-state index in [0.717, 1.165) is 0 Å². The molecule has 0 saturated heterocycles. The van der Waals surface area contributed by atoms with E-state index in [4.69, 9.17) is 4.74 Å². The van der Waals surface area contributed by atoms with Gasteiger partial charge in [-0.1, -0.05) is 26.8 Å². The normalized spacial score (nSPS) is 11.4. The summed E-state index contributed by atoms with van der Waals surface area (Å²) in [5, 5.41) is 2.55. The summed E-state index contributed by atoms with van der Waals surface area (Å²) in [4.78, 5) is 23.3. The van der Waals surface area contributed by atoms with Gasteiger partial charge >= 0.3 is 5.97 Å². The molecule has 8 heteroatoms. The molecule has 0 atom stereocenters. The lowest BCUT2D eigenvalue weighted by molar-refractivity contribution is -0.147. The monoisotopic (exact) mass is 370 g/mol. The molecule has 0 aliphatic rings. The number of nitrogens with zero attached hydrogens (tertiary/aromatic N) is 1. The largest absolute Gasteiger partial charge is 0.456 e. The Kier molecular flexibility index (Phi) is 8.05. The number of esters is 1. The van der Waals surface area contributed by atoms with Crippen LogP contribution in [0.3, 0.4) is 0 Å². The Labute approximate surface area is 149 Å². The first-order chi connectivity index (χ1) is 11.8. The highest BCUT2D eigenvalue weighted by atomic mass is 32.2. The third kappa shape index (κ3) is 5.82. The average molecular weight is 370 g/mol. The van der Waals surface area contributed by atoms with Crippen molar-refractivity contribution >= 4 is 27.6 Å². The second kappa shape index (κ2) is 9.53. The number of hydrogen-bond acceptors (Lipinski definition) is 5. The molecule has 1 aromatic carbocycles. The molecule has 1 N–H and O–H groups in total. The number of benzene rings is 1. The van der Waals surface area contributed by atoms with E-state index in [9.17, 15) is 18.0 Å². The zero-order valence-corrected chi connectivity index (χ0v) is 16.0. The van der Waals surface area contributed by atoms with Gasteiger partial charge in [0.1, 0.15) is 0 Å². The van der Waals surface area contributed by atoms with Gasteiger partial charge in [0, 0.05) is 25.2 Å². The van der Waals surface area contributed by atoms with Crippen molar-refractivity contribution in [3.63, 3.8) is 0 Å². The molecular weight excluding hydrogens is 344 g/mol. The maximum atomic E-state index is 12.7. The van der Waals surface area contributed by atoms with Crippen molar-refractivity contribution in [3.8, 4) is 0 Å². The molecule has 0 aliphatic heterocycles. The Morgan fingerprint density at radius 3 is 2.36 bits per heavy atom. The predicted molar refractivity (Wildman–Crippen MR) is 95.8 cm³/mol. The van der Waals surface area contributed by atoms with Crippen LogP contribution in [0.25, 0.3) is 0 Å². The number of rotatable bonds is 9. The van der Waals surface area contributed by atoms with Crippen LogP contribution in [0, 0.1) is 6.92 Å². The quantitative estimate of drug-likeness (QED) is 0.673. The smallest absolute Gasteiger partial charge is 0.306 e. The lowest BCUT2D eigenvalue weighted by Crippen LogP contribution is -2.31. The van der Waals surface area contributed by atoms with Gasteiger partial charge in [0.15, 0.2) is 6.61 Å². The maximum Gasteiger partial charge on any atom is 0.306 e. The summed E-state index contributed by atoms with van der Waals surface area (Å²) in [5.41, 5.74) is 0.937. The number of carbonyl (C=O) groups is 2. The van der Waals surface area contributed by atoms with Crippen molar-refractivity contribution in [2.45, 2.75) is 45.4 Å². The maximum absolute atomic E-state index is 12.7. The topological polar surface area (TPSA) is 92.8 Å². The third-order valence-electron chi connectivity index (χ3n) is 3.61. The molecule has 25 heavy (non-hydrogen) atoms. The summed E-state index contributed by atoms with van der Waals surface area (Å²) < 4.78 is 31.6. The number of ether oxygens (including phenoxy) is 1. The molecule has 1 amide bonds. The Morgan fingerprint density at radius 2 is 1.80 bits per heavy atom. The molecule has 0 radical (unpaired) electrons. The van der Waals surface area contributed by atoms with Crippen LogP contribution in [0.4, 0.5) is 5.69 Å².